The molecule has 3 aromatic rings. The number of rotatable bonds is 6. The molecule has 6 aliphatic rings. The Morgan fingerprint density at radius 1 is 1.08 bits per heavy atom. The zero-order valence-corrected chi connectivity index (χ0v) is 31.7. The molecule has 1 unspecified atom stereocenters. The molecule has 6 heterocycles. The SMILES string of the molecule is CCC1=C[C@@H]2CN(C1)Cc1c([nH]c3ccccc13)[C@@](C(=O)OC)(c1cc3c(cc1OC)N(C)[C@H]1[C@@](O)(C(C)=O)[C@H](O)[C@]4(CC)C=CCN5CC[C@]31[C@@H]54)C2. The minimum Gasteiger partial charge on any atom is -0.496 e. The molecule has 0 radical (unpaired) electrons. The van der Waals surface area contributed by atoms with Crippen LogP contribution >= 0.6 is 0 Å². The molecule has 2 fully saturated rings. The summed E-state index contributed by atoms with van der Waals surface area (Å²) in [5.74, 6) is -0.195. The van der Waals surface area contributed by atoms with Crippen molar-refractivity contribution in [3.05, 3.63) is 82.6 Å². The lowest BCUT2D eigenvalue weighted by Gasteiger charge is -2.63. The molecule has 9 atom stereocenters. The fourth-order valence-corrected chi connectivity index (χ4v) is 12.5. The Morgan fingerprint density at radius 3 is 2.58 bits per heavy atom. The Morgan fingerprint density at radius 2 is 1.87 bits per heavy atom. The number of aliphatic hydroxyl groups excluding tert-OH is 1. The number of ketones is 1. The van der Waals surface area contributed by atoms with Gasteiger partial charge in [-0.2, -0.15) is 0 Å². The van der Waals surface area contributed by atoms with Crippen LogP contribution in [0.2, 0.25) is 0 Å². The van der Waals surface area contributed by atoms with Crippen LogP contribution in [0.25, 0.3) is 10.9 Å². The highest BCUT2D eigenvalue weighted by Gasteiger charge is 2.78. The van der Waals surface area contributed by atoms with Gasteiger partial charge < -0.3 is 29.6 Å². The maximum Gasteiger partial charge on any atom is 0.322 e. The van der Waals surface area contributed by atoms with E-state index in [0.29, 0.717) is 31.6 Å². The van der Waals surface area contributed by atoms with Crippen LogP contribution in [0.3, 0.4) is 0 Å². The first-order valence-electron chi connectivity index (χ1n) is 19.4. The number of aliphatic hydroxyl groups is 2. The average Bonchev–Trinajstić information content (AvgIpc) is 3.81. The van der Waals surface area contributed by atoms with Crippen LogP contribution in [0.5, 0.6) is 5.75 Å². The second-order valence-corrected chi connectivity index (χ2v) is 16.7. The second kappa shape index (κ2) is 11.8. The number of hydrogen-bond acceptors (Lipinski definition) is 9. The molecule has 1 spiro atoms. The van der Waals surface area contributed by atoms with E-state index in [-0.39, 0.29) is 17.9 Å². The van der Waals surface area contributed by atoms with Crippen LogP contribution in [0, 0.1) is 11.3 Å². The largest absolute Gasteiger partial charge is 0.496 e. The quantitative estimate of drug-likeness (QED) is 0.248. The third-order valence-corrected chi connectivity index (χ3v) is 14.6. The third-order valence-electron chi connectivity index (χ3n) is 14.6. The lowest BCUT2D eigenvalue weighted by atomic mass is 9.47. The number of nitrogens with one attached hydrogen (secondary N) is 1. The number of H-pyrrole nitrogens is 1. The smallest absolute Gasteiger partial charge is 0.322 e. The fourth-order valence-electron chi connectivity index (χ4n) is 12.5. The topological polar surface area (TPSA) is 119 Å². The van der Waals surface area contributed by atoms with Crippen molar-refractivity contribution in [2.24, 2.45) is 11.3 Å². The molecule has 53 heavy (non-hydrogen) atoms. The Hall–Kier alpha value is -3.96. The Kier molecular flexibility index (Phi) is 7.72. The number of aromatic amines is 1. The highest BCUT2D eigenvalue weighted by atomic mass is 16.5. The number of fused-ring (bicyclic) bond motifs is 6. The summed E-state index contributed by atoms with van der Waals surface area (Å²) in [7, 11) is 5.04. The number of aromatic nitrogens is 1. The van der Waals surface area contributed by atoms with Gasteiger partial charge in [0, 0.05) is 84.0 Å². The molecule has 9 rings (SSSR count). The van der Waals surface area contributed by atoms with Crippen LogP contribution in [0.15, 0.2) is 60.2 Å². The minimum atomic E-state index is -2.05. The monoisotopic (exact) mass is 720 g/mol. The summed E-state index contributed by atoms with van der Waals surface area (Å²) in [4.78, 5) is 39.6. The van der Waals surface area contributed by atoms with Gasteiger partial charge in [0.1, 0.15) is 17.3 Å². The van der Waals surface area contributed by atoms with Crippen molar-refractivity contribution < 1.29 is 29.3 Å². The maximum atomic E-state index is 15.1. The molecule has 1 aromatic heterocycles. The van der Waals surface area contributed by atoms with E-state index in [1.165, 1.54) is 19.6 Å². The molecule has 280 valence electrons. The third kappa shape index (κ3) is 4.18. The predicted octanol–water partition coefficient (Wildman–Crippen LogP) is 4.60. The lowest BCUT2D eigenvalue weighted by molar-refractivity contribution is -0.200. The van der Waals surface area contributed by atoms with Crippen molar-refractivity contribution >= 4 is 28.3 Å². The Balaban J connectivity index is 1.37. The standard InChI is InChI=1S/C43H52N4O6/c1-7-26-18-27-21-42(39(50)53-6,35-29(24-46(22-26)23-27)28-12-9-10-13-32(28)44-35)31-19-30-33(20-34(31)52-5)45(4)37-41(30)15-17-47-16-11-14-40(8-2,36(41)47)38(49)43(37,51)25(3)48/h9-14,18-20,27,36-38,44,49,51H,7-8,15-17,21-24H2,1-6H3/t27-,36-,37+,38+,40+,41+,42-,43-/m0/s1. The number of ether oxygens (including phenoxy) is 2. The number of hydrogen-bond donors (Lipinski definition) is 3. The van der Waals surface area contributed by atoms with Crippen LogP contribution in [-0.2, 0) is 31.7 Å². The summed E-state index contributed by atoms with van der Waals surface area (Å²) in [5.41, 5.74) is 1.82. The zero-order valence-electron chi connectivity index (χ0n) is 31.7. The number of carbonyl (C=O) groups is 2. The summed E-state index contributed by atoms with van der Waals surface area (Å²) < 4.78 is 12.2. The Bertz CT molecular complexity index is 2110. The van der Waals surface area contributed by atoms with Crippen molar-refractivity contribution in [1.82, 2.24) is 14.8 Å². The summed E-state index contributed by atoms with van der Waals surface area (Å²) >= 11 is 0. The molecule has 2 bridgehead atoms. The summed E-state index contributed by atoms with van der Waals surface area (Å²) in [6.07, 6.45) is 7.86. The molecular formula is C43H52N4O6. The van der Waals surface area contributed by atoms with Gasteiger partial charge in [-0.25, -0.2) is 0 Å². The first kappa shape index (κ1) is 34.8. The molecule has 1 aliphatic carbocycles. The number of likely N-dealkylation sites (N-methyl/N-ethyl adjacent to an activating group) is 1. The normalized spacial score (nSPS) is 36.9. The van der Waals surface area contributed by atoms with Gasteiger partial charge in [0.05, 0.1) is 20.3 Å². The first-order chi connectivity index (χ1) is 25.5. The van der Waals surface area contributed by atoms with Gasteiger partial charge in [-0.05, 0) is 68.3 Å². The average molecular weight is 721 g/mol. The first-order valence-corrected chi connectivity index (χ1v) is 19.4. The molecule has 10 heteroatoms. The highest BCUT2D eigenvalue weighted by Crippen LogP contribution is 2.67. The number of anilines is 1. The molecular weight excluding hydrogens is 668 g/mol. The van der Waals surface area contributed by atoms with Gasteiger partial charge in [-0.15, -0.1) is 0 Å². The van der Waals surface area contributed by atoms with E-state index in [4.69, 9.17) is 9.47 Å². The summed E-state index contributed by atoms with van der Waals surface area (Å²) in [6, 6.07) is 11.5. The maximum absolute atomic E-state index is 15.1. The number of para-hydroxylation sites is 1. The number of esters is 1. The molecule has 2 aromatic carbocycles. The van der Waals surface area contributed by atoms with E-state index < -0.39 is 39.8 Å². The number of carbonyl (C=O) groups excluding carboxylic acids is 2. The van der Waals surface area contributed by atoms with E-state index in [2.05, 4.69) is 64.2 Å². The number of benzene rings is 2. The minimum absolute atomic E-state index is 0.0646. The van der Waals surface area contributed by atoms with Crippen LogP contribution in [0.4, 0.5) is 5.69 Å². The van der Waals surface area contributed by atoms with E-state index in [1.807, 2.05) is 31.0 Å². The van der Waals surface area contributed by atoms with Gasteiger partial charge in [0.15, 0.2) is 11.4 Å². The van der Waals surface area contributed by atoms with E-state index in [0.717, 1.165) is 71.6 Å². The molecule has 3 N–H and O–H groups in total. The second-order valence-electron chi connectivity index (χ2n) is 16.7. The van der Waals surface area contributed by atoms with Crippen molar-refractivity contribution in [3.63, 3.8) is 0 Å². The van der Waals surface area contributed by atoms with Crippen molar-refractivity contribution in [3.8, 4) is 5.75 Å². The Labute approximate surface area is 311 Å². The summed E-state index contributed by atoms with van der Waals surface area (Å²) in [5, 5.41) is 26.2. The van der Waals surface area contributed by atoms with Gasteiger partial charge in [-0.3, -0.25) is 19.4 Å². The van der Waals surface area contributed by atoms with Gasteiger partial charge in [0.25, 0.3) is 0 Å². The van der Waals surface area contributed by atoms with Gasteiger partial charge in [-0.1, -0.05) is 55.8 Å². The zero-order chi connectivity index (χ0) is 37.2. The molecule has 0 amide bonds. The summed E-state index contributed by atoms with van der Waals surface area (Å²) in [6.45, 7) is 9.52. The fraction of sp³-hybridized carbons (Fsp3) is 0.535. The number of nitrogens with zero attached hydrogens (tertiary/aromatic N) is 3. The highest BCUT2D eigenvalue weighted by molar-refractivity contribution is 5.95. The van der Waals surface area contributed by atoms with Gasteiger partial charge >= 0.3 is 5.97 Å². The van der Waals surface area contributed by atoms with Crippen molar-refractivity contribution in [2.45, 2.75) is 87.6 Å². The number of methoxy groups -OCH3 is 2. The predicted molar refractivity (Wildman–Crippen MR) is 203 cm³/mol. The van der Waals surface area contributed by atoms with Crippen LogP contribution in [0.1, 0.15) is 68.8 Å². The van der Waals surface area contributed by atoms with E-state index >= 15 is 4.79 Å². The molecule has 1 saturated heterocycles. The lowest BCUT2D eigenvalue weighted by Crippen LogP contribution is -2.80. The van der Waals surface area contributed by atoms with Crippen molar-refractivity contribution in [2.75, 3.05) is 52.3 Å². The molecule has 5 aliphatic heterocycles. The van der Waals surface area contributed by atoms with E-state index in [1.54, 1.807) is 7.11 Å². The van der Waals surface area contributed by atoms with E-state index in [9.17, 15) is 15.0 Å². The molecule has 10 nitrogen and oxygen atoms in total. The van der Waals surface area contributed by atoms with Crippen molar-refractivity contribution in [1.29, 1.82) is 0 Å². The molecule has 1 saturated carbocycles. The number of Topliss-reactive ketones (excluding diaryl/α,β-unsaturated/α-hetero) is 1. The van der Waals surface area contributed by atoms with Gasteiger partial charge in [0.2, 0.25) is 0 Å². The van der Waals surface area contributed by atoms with Crippen LogP contribution in [-0.4, -0.2) is 108 Å². The van der Waals surface area contributed by atoms with Crippen LogP contribution < -0.4 is 9.64 Å².